The van der Waals surface area contributed by atoms with Crippen LogP contribution >= 0.6 is 0 Å². The van der Waals surface area contributed by atoms with E-state index in [4.69, 9.17) is 0 Å². The summed E-state index contributed by atoms with van der Waals surface area (Å²) in [7, 11) is -3.14. The number of nitrogens with one attached hydrogen (secondary N) is 2. The van der Waals surface area contributed by atoms with Gasteiger partial charge in [-0.05, 0) is 0 Å². The molecular formula is C9H16F2N2O3S. The van der Waals surface area contributed by atoms with E-state index in [1.165, 1.54) is 6.92 Å². The van der Waals surface area contributed by atoms with Crippen LogP contribution in [-0.4, -0.2) is 50.9 Å². The summed E-state index contributed by atoms with van der Waals surface area (Å²) in [5.74, 6) is -3.60. The Hall–Kier alpha value is -0.760. The molecule has 0 aliphatic carbocycles. The summed E-state index contributed by atoms with van der Waals surface area (Å²) < 4.78 is 47.8. The molecule has 1 rings (SSSR count). The van der Waals surface area contributed by atoms with Crippen LogP contribution in [0.25, 0.3) is 0 Å². The van der Waals surface area contributed by atoms with Crippen molar-refractivity contribution in [3.05, 3.63) is 0 Å². The second-order valence-corrected chi connectivity index (χ2v) is 6.49. The maximum absolute atomic E-state index is 12.8. The molecule has 1 aliphatic heterocycles. The molecule has 1 amide bonds. The van der Waals surface area contributed by atoms with Gasteiger partial charge in [-0.2, -0.15) is 0 Å². The molecule has 2 N–H and O–H groups in total. The largest absolute Gasteiger partial charge is 0.354 e. The van der Waals surface area contributed by atoms with Crippen LogP contribution in [0.4, 0.5) is 8.78 Å². The van der Waals surface area contributed by atoms with Crippen molar-refractivity contribution in [2.45, 2.75) is 25.3 Å². The molecule has 17 heavy (non-hydrogen) atoms. The Morgan fingerprint density at radius 2 is 2.18 bits per heavy atom. The molecule has 0 bridgehead atoms. The Morgan fingerprint density at radius 3 is 2.65 bits per heavy atom. The van der Waals surface area contributed by atoms with Gasteiger partial charge < -0.3 is 5.32 Å². The predicted octanol–water partition coefficient (Wildman–Crippen LogP) is -0.465. The van der Waals surface area contributed by atoms with Crippen molar-refractivity contribution in [3.8, 4) is 0 Å². The van der Waals surface area contributed by atoms with E-state index in [0.29, 0.717) is 0 Å². The lowest BCUT2D eigenvalue weighted by molar-refractivity contribution is -0.123. The van der Waals surface area contributed by atoms with Gasteiger partial charge in [-0.15, -0.1) is 0 Å². The van der Waals surface area contributed by atoms with Crippen molar-refractivity contribution in [1.82, 2.24) is 10.6 Å². The van der Waals surface area contributed by atoms with E-state index < -0.39 is 40.7 Å². The number of rotatable bonds is 5. The van der Waals surface area contributed by atoms with E-state index in [1.54, 1.807) is 0 Å². The number of hydrogen-bond donors (Lipinski definition) is 2. The smallest absolute Gasteiger partial charge is 0.262 e. The molecule has 0 aromatic carbocycles. The first-order valence-corrected chi connectivity index (χ1v) is 7.17. The van der Waals surface area contributed by atoms with Crippen LogP contribution in [0, 0.1) is 0 Å². The van der Waals surface area contributed by atoms with Crippen molar-refractivity contribution >= 4 is 15.7 Å². The number of amides is 1. The first-order valence-electron chi connectivity index (χ1n) is 5.35. The van der Waals surface area contributed by atoms with E-state index in [1.807, 2.05) is 0 Å². The fourth-order valence-electron chi connectivity index (χ4n) is 1.50. The van der Waals surface area contributed by atoms with E-state index in [-0.39, 0.29) is 18.1 Å². The third kappa shape index (κ3) is 4.55. The van der Waals surface area contributed by atoms with E-state index in [9.17, 15) is 22.0 Å². The Labute approximate surface area is 98.9 Å². The maximum Gasteiger partial charge on any atom is 0.262 e. The third-order valence-electron chi connectivity index (χ3n) is 2.58. The molecule has 100 valence electrons. The summed E-state index contributed by atoms with van der Waals surface area (Å²) in [5, 5.41) is 4.74. The average molecular weight is 270 g/mol. The first kappa shape index (κ1) is 14.3. The number of carbonyl (C=O) groups is 1. The molecule has 0 saturated carbocycles. The van der Waals surface area contributed by atoms with Crippen LogP contribution in [0.15, 0.2) is 0 Å². The number of halogens is 2. The van der Waals surface area contributed by atoms with Crippen LogP contribution in [-0.2, 0) is 14.6 Å². The molecule has 1 atom stereocenters. The quantitative estimate of drug-likeness (QED) is 0.708. The van der Waals surface area contributed by atoms with Gasteiger partial charge in [0.2, 0.25) is 5.91 Å². The van der Waals surface area contributed by atoms with Gasteiger partial charge in [0.15, 0.2) is 9.84 Å². The Kier molecular flexibility index (Phi) is 4.42. The Morgan fingerprint density at radius 1 is 1.53 bits per heavy atom. The molecule has 0 spiro atoms. The summed E-state index contributed by atoms with van der Waals surface area (Å²) in [6.45, 7) is 0.952. The molecule has 0 aromatic rings. The van der Waals surface area contributed by atoms with Crippen LogP contribution in [0.2, 0.25) is 0 Å². The fraction of sp³-hybridized carbons (Fsp3) is 0.889. The minimum absolute atomic E-state index is 0.00260. The number of carbonyl (C=O) groups excluding carboxylic acids is 1. The highest BCUT2D eigenvalue weighted by atomic mass is 32.2. The van der Waals surface area contributed by atoms with Crippen molar-refractivity contribution in [2.24, 2.45) is 0 Å². The zero-order valence-electron chi connectivity index (χ0n) is 9.50. The summed E-state index contributed by atoms with van der Waals surface area (Å²) in [6.07, 6.45) is -0.542. The SMILES string of the molecule is CCS(=O)(=O)CCNC(=O)C1CC(F)(F)CN1. The molecular weight excluding hydrogens is 254 g/mol. The second-order valence-electron chi connectivity index (χ2n) is 4.02. The van der Waals surface area contributed by atoms with Gasteiger partial charge >= 0.3 is 0 Å². The topological polar surface area (TPSA) is 75.3 Å². The highest BCUT2D eigenvalue weighted by molar-refractivity contribution is 7.91. The highest BCUT2D eigenvalue weighted by Gasteiger charge is 2.42. The van der Waals surface area contributed by atoms with E-state index in [2.05, 4.69) is 10.6 Å². The molecule has 1 unspecified atom stereocenters. The lowest BCUT2D eigenvalue weighted by Crippen LogP contribution is -2.42. The molecule has 1 aliphatic rings. The highest BCUT2D eigenvalue weighted by Crippen LogP contribution is 2.24. The van der Waals surface area contributed by atoms with Crippen LogP contribution in [0.1, 0.15) is 13.3 Å². The lowest BCUT2D eigenvalue weighted by atomic mass is 10.2. The van der Waals surface area contributed by atoms with Crippen LogP contribution in [0.3, 0.4) is 0 Å². The van der Waals surface area contributed by atoms with Gasteiger partial charge in [-0.3, -0.25) is 10.1 Å². The molecule has 8 heteroatoms. The molecule has 5 nitrogen and oxygen atoms in total. The van der Waals surface area contributed by atoms with Gasteiger partial charge in [-0.25, -0.2) is 17.2 Å². The van der Waals surface area contributed by atoms with Gasteiger partial charge in [-0.1, -0.05) is 6.92 Å². The standard InChI is InChI=1S/C9H16F2N2O3S/c1-2-17(15,16)4-3-12-8(14)7-5-9(10,11)6-13-7/h7,13H,2-6H2,1H3,(H,12,14). The number of sulfone groups is 1. The van der Waals surface area contributed by atoms with E-state index in [0.717, 1.165) is 0 Å². The number of hydrogen-bond acceptors (Lipinski definition) is 4. The van der Waals surface area contributed by atoms with Crippen molar-refractivity contribution in [1.29, 1.82) is 0 Å². The fourth-order valence-corrected chi connectivity index (χ4v) is 2.20. The van der Waals surface area contributed by atoms with Crippen LogP contribution in [0.5, 0.6) is 0 Å². The normalized spacial score (nSPS) is 23.6. The second kappa shape index (κ2) is 5.26. The zero-order valence-corrected chi connectivity index (χ0v) is 10.3. The summed E-state index contributed by atoms with van der Waals surface area (Å²) in [6, 6.07) is -0.936. The molecule has 0 aromatic heterocycles. The van der Waals surface area contributed by atoms with E-state index >= 15 is 0 Å². The van der Waals surface area contributed by atoms with Crippen molar-refractivity contribution < 1.29 is 22.0 Å². The van der Waals surface area contributed by atoms with Gasteiger partial charge in [0, 0.05) is 18.7 Å². The average Bonchev–Trinajstić information content (AvgIpc) is 2.58. The zero-order chi connectivity index (χ0) is 13.1. The molecule has 1 fully saturated rings. The summed E-state index contributed by atoms with van der Waals surface area (Å²) in [4.78, 5) is 11.4. The maximum atomic E-state index is 12.8. The van der Waals surface area contributed by atoms with Crippen molar-refractivity contribution in [2.75, 3.05) is 24.6 Å². The first-order chi connectivity index (χ1) is 7.76. The van der Waals surface area contributed by atoms with Gasteiger partial charge in [0.1, 0.15) is 0 Å². The lowest BCUT2D eigenvalue weighted by Gasteiger charge is -2.10. The molecule has 1 saturated heterocycles. The molecule has 0 radical (unpaired) electrons. The third-order valence-corrected chi connectivity index (χ3v) is 4.28. The Balaban J connectivity index is 2.32. The molecule has 1 heterocycles. The minimum atomic E-state index is -3.14. The monoisotopic (exact) mass is 270 g/mol. The predicted molar refractivity (Wildman–Crippen MR) is 58.7 cm³/mol. The summed E-state index contributed by atoms with van der Waals surface area (Å²) in [5.41, 5.74) is 0. The van der Waals surface area contributed by atoms with Gasteiger partial charge in [0.05, 0.1) is 18.3 Å². The van der Waals surface area contributed by atoms with Crippen LogP contribution < -0.4 is 10.6 Å². The Bertz CT molecular complexity index is 384. The number of alkyl halides is 2. The van der Waals surface area contributed by atoms with Crippen molar-refractivity contribution in [3.63, 3.8) is 0 Å². The minimum Gasteiger partial charge on any atom is -0.354 e. The summed E-state index contributed by atoms with van der Waals surface area (Å²) >= 11 is 0. The van der Waals surface area contributed by atoms with Gasteiger partial charge in [0.25, 0.3) is 5.92 Å².